The van der Waals surface area contributed by atoms with Crippen LogP contribution in [-0.4, -0.2) is 57.1 Å². The Morgan fingerprint density at radius 1 is 1.02 bits per heavy atom. The number of aromatic nitrogens is 2. The molecule has 5 rings (SSSR count). The molecular formula is C30H29F5N4O5. The molecule has 1 aliphatic carbocycles. The van der Waals surface area contributed by atoms with Crippen LogP contribution in [0, 0.1) is 17.0 Å². The number of benzene rings is 2. The lowest BCUT2D eigenvalue weighted by atomic mass is 9.60. The maximum atomic E-state index is 15.0. The summed E-state index contributed by atoms with van der Waals surface area (Å²) < 4.78 is 74.4. The Bertz CT molecular complexity index is 1710. The zero-order chi connectivity index (χ0) is 32.2. The van der Waals surface area contributed by atoms with Crippen LogP contribution in [0.15, 0.2) is 41.5 Å². The van der Waals surface area contributed by atoms with E-state index < -0.39 is 51.9 Å². The summed E-state index contributed by atoms with van der Waals surface area (Å²) in [4.78, 5) is 56.3. The van der Waals surface area contributed by atoms with E-state index in [4.69, 9.17) is 4.74 Å². The Kier molecular flexibility index (Phi) is 7.75. The topological polar surface area (TPSA) is 111 Å². The number of ether oxygens (including phenoxy) is 1. The summed E-state index contributed by atoms with van der Waals surface area (Å²) >= 11 is 0. The fraction of sp³-hybridized carbons (Fsp3) is 0.433. The van der Waals surface area contributed by atoms with E-state index in [9.17, 15) is 41.1 Å². The van der Waals surface area contributed by atoms with Crippen LogP contribution in [0.5, 0.6) is 0 Å². The van der Waals surface area contributed by atoms with E-state index >= 15 is 0 Å². The molecule has 2 aliphatic rings. The molecule has 2 heterocycles. The second kappa shape index (κ2) is 11.0. The predicted octanol–water partition coefficient (Wildman–Crippen LogP) is 5.76. The predicted molar refractivity (Wildman–Crippen MR) is 148 cm³/mol. The van der Waals surface area contributed by atoms with Crippen molar-refractivity contribution in [2.75, 3.05) is 18.4 Å². The van der Waals surface area contributed by atoms with E-state index in [1.54, 1.807) is 25.7 Å². The molecule has 1 N–H and O–H groups in total. The lowest BCUT2D eigenvalue weighted by molar-refractivity contribution is -0.167. The van der Waals surface area contributed by atoms with Crippen molar-refractivity contribution in [1.29, 1.82) is 0 Å². The van der Waals surface area contributed by atoms with Crippen LogP contribution in [0.25, 0.3) is 10.9 Å². The molecule has 1 saturated heterocycles. The van der Waals surface area contributed by atoms with Crippen LogP contribution in [0.1, 0.15) is 68.4 Å². The number of piperidine rings is 1. The molecule has 1 saturated carbocycles. The SMILES string of the molecule is CC(C)(C)OC(=O)N1CCC2(CC1)CC(n1cnc3ccc(C(=O)c4c(F)ccc(NC(=O)C(F)(F)F)c4F)cc3c1=O)C2. The second-order valence-electron chi connectivity index (χ2n) is 12.3. The molecular weight excluding hydrogens is 591 g/mol. The smallest absolute Gasteiger partial charge is 0.444 e. The molecule has 14 heteroatoms. The van der Waals surface area contributed by atoms with E-state index in [-0.39, 0.29) is 34.0 Å². The first-order chi connectivity index (χ1) is 20.5. The molecule has 2 aromatic carbocycles. The van der Waals surface area contributed by atoms with Crippen LogP contribution in [0.4, 0.5) is 32.4 Å². The molecule has 2 fully saturated rings. The van der Waals surface area contributed by atoms with Crippen molar-refractivity contribution in [3.8, 4) is 0 Å². The van der Waals surface area contributed by atoms with Crippen molar-refractivity contribution in [2.24, 2.45) is 5.41 Å². The molecule has 3 aromatic rings. The lowest BCUT2D eigenvalue weighted by Crippen LogP contribution is -2.51. The first kappa shape index (κ1) is 31.1. The van der Waals surface area contributed by atoms with Crippen molar-refractivity contribution >= 4 is 34.4 Å². The van der Waals surface area contributed by atoms with Gasteiger partial charge in [-0.3, -0.25) is 19.0 Å². The van der Waals surface area contributed by atoms with Gasteiger partial charge in [0.15, 0.2) is 11.6 Å². The van der Waals surface area contributed by atoms with E-state index in [0.717, 1.165) is 18.9 Å². The van der Waals surface area contributed by atoms with Crippen LogP contribution < -0.4 is 10.9 Å². The molecule has 234 valence electrons. The number of hydrogen-bond acceptors (Lipinski definition) is 6. The van der Waals surface area contributed by atoms with Gasteiger partial charge in [0.1, 0.15) is 11.4 Å². The number of alkyl halides is 3. The highest BCUT2D eigenvalue weighted by Crippen LogP contribution is 2.54. The van der Waals surface area contributed by atoms with Gasteiger partial charge < -0.3 is 15.0 Å². The fourth-order valence-corrected chi connectivity index (χ4v) is 5.77. The zero-order valence-corrected chi connectivity index (χ0v) is 24.1. The number of hydrogen-bond donors (Lipinski definition) is 1. The molecule has 2 amide bonds. The molecule has 0 unspecified atom stereocenters. The van der Waals surface area contributed by atoms with Gasteiger partial charge in [0, 0.05) is 24.7 Å². The van der Waals surface area contributed by atoms with E-state index in [1.165, 1.54) is 28.3 Å². The van der Waals surface area contributed by atoms with E-state index in [1.807, 2.05) is 0 Å². The maximum absolute atomic E-state index is 15.0. The Hall–Kier alpha value is -4.36. The standard InChI is InChI=1S/C30H29F5N4O5/c1-28(2,3)44-27(43)38-10-8-29(9-11-38)13-17(14-29)39-15-36-20-6-4-16(12-18(20)25(39)41)24(40)22-19(31)5-7-21(23(22)32)37-26(42)30(33,34)35/h4-7,12,15,17H,8-11,13-14H2,1-3H3,(H,37,42). The van der Waals surface area contributed by atoms with Crippen molar-refractivity contribution in [3.05, 3.63) is 69.8 Å². The minimum atomic E-state index is -5.34. The highest BCUT2D eigenvalue weighted by atomic mass is 19.4. The van der Waals surface area contributed by atoms with Gasteiger partial charge in [-0.2, -0.15) is 13.2 Å². The number of fused-ring (bicyclic) bond motifs is 1. The number of carbonyl (C=O) groups is 3. The van der Waals surface area contributed by atoms with Crippen molar-refractivity contribution in [3.63, 3.8) is 0 Å². The third kappa shape index (κ3) is 6.02. The maximum Gasteiger partial charge on any atom is 0.471 e. The minimum absolute atomic E-state index is 0.0152. The summed E-state index contributed by atoms with van der Waals surface area (Å²) in [7, 11) is 0. The number of amides is 2. The van der Waals surface area contributed by atoms with Gasteiger partial charge >= 0.3 is 18.2 Å². The molecule has 9 nitrogen and oxygen atoms in total. The van der Waals surface area contributed by atoms with Gasteiger partial charge in [0.25, 0.3) is 5.56 Å². The fourth-order valence-electron chi connectivity index (χ4n) is 5.77. The summed E-state index contributed by atoms with van der Waals surface area (Å²) in [5.74, 6) is -6.78. The number of ketones is 1. The average molecular weight is 621 g/mol. The molecule has 0 atom stereocenters. The molecule has 44 heavy (non-hydrogen) atoms. The minimum Gasteiger partial charge on any atom is -0.444 e. The largest absolute Gasteiger partial charge is 0.471 e. The van der Waals surface area contributed by atoms with Gasteiger partial charge in [0.2, 0.25) is 0 Å². The van der Waals surface area contributed by atoms with Crippen molar-refractivity contribution in [2.45, 2.75) is 64.3 Å². The third-order valence-corrected chi connectivity index (χ3v) is 8.08. The van der Waals surface area contributed by atoms with Crippen molar-refractivity contribution in [1.82, 2.24) is 14.5 Å². The van der Waals surface area contributed by atoms with Gasteiger partial charge in [-0.25, -0.2) is 18.6 Å². The number of likely N-dealkylation sites (tertiary alicyclic amines) is 1. The Labute approximate surface area is 248 Å². The van der Waals surface area contributed by atoms with Crippen LogP contribution >= 0.6 is 0 Å². The number of nitrogens with one attached hydrogen (secondary N) is 1. The number of nitrogens with zero attached hydrogens (tertiary/aromatic N) is 3. The van der Waals surface area contributed by atoms with Crippen LogP contribution in [0.2, 0.25) is 0 Å². The summed E-state index contributed by atoms with van der Waals surface area (Å²) in [5.41, 5.74) is -3.40. The van der Waals surface area contributed by atoms with Gasteiger partial charge in [-0.05, 0) is 82.2 Å². The Balaban J connectivity index is 1.34. The van der Waals surface area contributed by atoms with E-state index in [0.29, 0.717) is 38.1 Å². The van der Waals surface area contributed by atoms with Gasteiger partial charge in [-0.15, -0.1) is 0 Å². The first-order valence-corrected chi connectivity index (χ1v) is 13.9. The molecule has 1 aliphatic heterocycles. The lowest BCUT2D eigenvalue weighted by Gasteiger charge is -2.52. The average Bonchev–Trinajstić information content (AvgIpc) is 2.92. The normalized spacial score (nSPS) is 17.0. The van der Waals surface area contributed by atoms with E-state index in [2.05, 4.69) is 4.98 Å². The number of carbonyl (C=O) groups excluding carboxylic acids is 3. The summed E-state index contributed by atoms with van der Waals surface area (Å²) in [5, 5.41) is 1.31. The quantitative estimate of drug-likeness (QED) is 0.294. The highest BCUT2D eigenvalue weighted by Gasteiger charge is 2.48. The van der Waals surface area contributed by atoms with Crippen LogP contribution in [0.3, 0.4) is 0 Å². The van der Waals surface area contributed by atoms with Crippen molar-refractivity contribution < 1.29 is 41.1 Å². The number of halogens is 5. The highest BCUT2D eigenvalue weighted by molar-refractivity contribution is 6.11. The number of anilines is 1. The Morgan fingerprint density at radius 2 is 1.68 bits per heavy atom. The monoisotopic (exact) mass is 620 g/mol. The zero-order valence-electron chi connectivity index (χ0n) is 24.1. The Morgan fingerprint density at radius 3 is 2.30 bits per heavy atom. The summed E-state index contributed by atoms with van der Waals surface area (Å²) in [6, 6.07) is 4.60. The second-order valence-corrected chi connectivity index (χ2v) is 12.3. The molecule has 0 radical (unpaired) electrons. The number of rotatable bonds is 4. The first-order valence-electron chi connectivity index (χ1n) is 13.9. The van der Waals surface area contributed by atoms with Gasteiger partial charge in [0.05, 0.1) is 28.5 Å². The summed E-state index contributed by atoms with van der Waals surface area (Å²) in [6.07, 6.45) is -1.45. The molecule has 1 aromatic heterocycles. The van der Waals surface area contributed by atoms with Crippen LogP contribution in [-0.2, 0) is 9.53 Å². The third-order valence-electron chi connectivity index (χ3n) is 8.08. The molecule has 0 bridgehead atoms. The summed E-state index contributed by atoms with van der Waals surface area (Å²) in [6.45, 7) is 6.48. The van der Waals surface area contributed by atoms with Gasteiger partial charge in [-0.1, -0.05) is 0 Å². The molecule has 1 spiro atoms.